The van der Waals surface area contributed by atoms with E-state index < -0.39 is 11.9 Å². The Hall–Kier alpha value is -2.08. The van der Waals surface area contributed by atoms with Gasteiger partial charge in [0.2, 0.25) is 6.54 Å². The Morgan fingerprint density at radius 1 is 1.17 bits per heavy atom. The molecule has 4 rings (SSSR count). The first kappa shape index (κ1) is 15.4. The van der Waals surface area contributed by atoms with Crippen molar-refractivity contribution in [3.8, 4) is 0 Å². The Morgan fingerprint density at radius 2 is 2.04 bits per heavy atom. The van der Waals surface area contributed by atoms with Gasteiger partial charge in [0.25, 0.3) is 5.91 Å². The van der Waals surface area contributed by atoms with Crippen molar-refractivity contribution in [2.75, 3.05) is 19.6 Å². The number of carbonyl (C=O) groups excluding carboxylic acids is 2. The van der Waals surface area contributed by atoms with Crippen LogP contribution in [-0.2, 0) is 11.3 Å². The highest BCUT2D eigenvalue weighted by Crippen LogP contribution is 2.32. The number of rotatable bonds is 2. The summed E-state index contributed by atoms with van der Waals surface area (Å²) >= 11 is 0. The summed E-state index contributed by atoms with van der Waals surface area (Å²) in [5.41, 5.74) is 2.86. The summed E-state index contributed by atoms with van der Waals surface area (Å²) < 4.78 is 0.504. The molecule has 2 saturated heterocycles. The van der Waals surface area contributed by atoms with Crippen molar-refractivity contribution in [3.05, 3.63) is 39.8 Å². The lowest BCUT2D eigenvalue weighted by Gasteiger charge is -2.24. The van der Waals surface area contributed by atoms with Gasteiger partial charge >= 0.3 is 5.91 Å². The molecule has 2 unspecified atom stereocenters. The average Bonchev–Trinajstić information content (AvgIpc) is 2.94. The molecule has 0 aromatic heterocycles. The van der Waals surface area contributed by atoms with Crippen LogP contribution in [0.15, 0.2) is 18.2 Å². The molecular weight excluding hydrogens is 306 g/mol. The van der Waals surface area contributed by atoms with Crippen LogP contribution < -0.4 is 5.32 Å². The summed E-state index contributed by atoms with van der Waals surface area (Å²) in [5, 5.41) is 3.40. The number of carbonyl (C=O) groups is 2. The Balaban J connectivity index is 1.58. The molecule has 3 heterocycles. The van der Waals surface area contributed by atoms with Crippen LogP contribution in [0.5, 0.6) is 0 Å². The van der Waals surface area contributed by atoms with E-state index in [1.165, 1.54) is 5.56 Å². The van der Waals surface area contributed by atoms with Gasteiger partial charge in [0.1, 0.15) is 0 Å². The van der Waals surface area contributed by atoms with Crippen molar-refractivity contribution in [3.63, 3.8) is 0 Å². The summed E-state index contributed by atoms with van der Waals surface area (Å²) in [4.78, 5) is 38.2. The summed E-state index contributed by atoms with van der Waals surface area (Å²) in [6.45, 7) is 2.68. The van der Waals surface area contributed by atoms with Crippen LogP contribution in [0.4, 0.5) is 0 Å². The maximum atomic E-state index is 12.8. The van der Waals surface area contributed by atoms with E-state index in [0.29, 0.717) is 35.6 Å². The molecule has 6 heteroatoms. The van der Waals surface area contributed by atoms with Gasteiger partial charge in [-0.2, -0.15) is 0 Å². The molecule has 2 atom stereocenters. The van der Waals surface area contributed by atoms with E-state index in [2.05, 4.69) is 11.4 Å². The third-order valence-electron chi connectivity index (χ3n) is 5.48. The zero-order valence-corrected chi connectivity index (χ0v) is 13.7. The number of nitroso groups, excluding NO2 is 1. The molecule has 3 aliphatic rings. The largest absolute Gasteiger partial charge is 0.455 e. The number of nitrogens with one attached hydrogen (secondary N) is 1. The van der Waals surface area contributed by atoms with Gasteiger partial charge < -0.3 is 10.2 Å². The van der Waals surface area contributed by atoms with Gasteiger partial charge in [0, 0.05) is 30.0 Å². The van der Waals surface area contributed by atoms with E-state index >= 15 is 0 Å². The fraction of sp³-hybridized carbons (Fsp3) is 0.556. The second-order valence-electron chi connectivity index (χ2n) is 6.99. The topological polar surface area (TPSA) is 69.5 Å². The molecular formula is C18H22N3O3+. The number of hydrogen-bond donors (Lipinski definition) is 1. The lowest BCUT2D eigenvalue weighted by atomic mass is 9.90. The summed E-state index contributed by atoms with van der Waals surface area (Å²) in [6.07, 6.45) is 3.52. The minimum Gasteiger partial charge on any atom is -0.317 e. The molecule has 3 aliphatic heterocycles. The summed E-state index contributed by atoms with van der Waals surface area (Å²) in [7, 11) is 0. The van der Waals surface area contributed by atoms with E-state index in [-0.39, 0.29) is 12.5 Å². The van der Waals surface area contributed by atoms with E-state index in [1.54, 1.807) is 4.90 Å². The normalized spacial score (nSPS) is 27.5. The fourth-order valence-corrected chi connectivity index (χ4v) is 4.10. The van der Waals surface area contributed by atoms with Crippen LogP contribution in [0.3, 0.4) is 0 Å². The second kappa shape index (κ2) is 6.09. The number of hydrogen-bond acceptors (Lipinski definition) is 4. The van der Waals surface area contributed by atoms with E-state index in [9.17, 15) is 14.5 Å². The van der Waals surface area contributed by atoms with E-state index in [1.807, 2.05) is 12.1 Å². The third-order valence-corrected chi connectivity index (χ3v) is 5.48. The van der Waals surface area contributed by atoms with Crippen molar-refractivity contribution in [1.29, 1.82) is 0 Å². The molecule has 24 heavy (non-hydrogen) atoms. The maximum Gasteiger partial charge on any atom is 0.455 e. The third kappa shape index (κ3) is 2.55. The van der Waals surface area contributed by atoms with E-state index in [0.717, 1.165) is 31.5 Å². The van der Waals surface area contributed by atoms with Crippen LogP contribution in [0.25, 0.3) is 0 Å². The second-order valence-corrected chi connectivity index (χ2v) is 6.99. The molecule has 1 N–H and O–H groups in total. The lowest BCUT2D eigenvalue weighted by molar-refractivity contribution is -0.480. The molecule has 1 aromatic rings. The molecule has 2 fully saturated rings. The van der Waals surface area contributed by atoms with Gasteiger partial charge in [0.15, 0.2) is 6.04 Å². The Kier molecular flexibility index (Phi) is 3.92. The number of nitrogens with zero attached hydrogens (tertiary/aromatic N) is 2. The maximum absolute atomic E-state index is 12.8. The highest BCUT2D eigenvalue weighted by molar-refractivity contribution is 6.00. The predicted molar refractivity (Wildman–Crippen MR) is 87.7 cm³/mol. The minimum atomic E-state index is -0.601. The average molecular weight is 328 g/mol. The molecule has 1 aromatic carbocycles. The number of amides is 2. The summed E-state index contributed by atoms with van der Waals surface area (Å²) in [6, 6.07) is 5.52. The Bertz CT molecular complexity index is 709. The van der Waals surface area contributed by atoms with Crippen molar-refractivity contribution in [2.45, 2.75) is 44.2 Å². The standard InChI is InChI=1S/C18H22N3O3/c22-17-15-9-12(13-3-1-7-19-10-13)5-6-14(15)11-20(17)16-4-2-8-21(24)18(16)23/h5-6,9,13,16,19H,1-4,7-8,10-11H2/q+1. The quantitative estimate of drug-likeness (QED) is 0.837. The fourth-order valence-electron chi connectivity index (χ4n) is 4.10. The van der Waals surface area contributed by atoms with Crippen molar-refractivity contribution < 1.29 is 14.3 Å². The van der Waals surface area contributed by atoms with Crippen LogP contribution in [0.1, 0.15) is 53.1 Å². The lowest BCUT2D eigenvalue weighted by Crippen LogP contribution is -2.48. The van der Waals surface area contributed by atoms with Crippen LogP contribution in [-0.4, -0.2) is 47.2 Å². The van der Waals surface area contributed by atoms with Crippen molar-refractivity contribution >= 4 is 11.8 Å². The monoisotopic (exact) mass is 328 g/mol. The number of piperidine rings is 2. The molecule has 126 valence electrons. The molecule has 0 saturated carbocycles. The van der Waals surface area contributed by atoms with Crippen molar-refractivity contribution in [1.82, 2.24) is 10.2 Å². The highest BCUT2D eigenvalue weighted by Gasteiger charge is 2.45. The molecule has 0 spiro atoms. The summed E-state index contributed by atoms with van der Waals surface area (Å²) in [5.74, 6) is -0.136. The van der Waals surface area contributed by atoms with Gasteiger partial charge in [-0.05, 0) is 48.9 Å². The van der Waals surface area contributed by atoms with Gasteiger partial charge in [-0.1, -0.05) is 12.1 Å². The van der Waals surface area contributed by atoms with Crippen LogP contribution in [0.2, 0.25) is 0 Å². The molecule has 2 amide bonds. The van der Waals surface area contributed by atoms with Gasteiger partial charge in [-0.15, -0.1) is 0 Å². The van der Waals surface area contributed by atoms with Crippen molar-refractivity contribution in [2.24, 2.45) is 0 Å². The van der Waals surface area contributed by atoms with Gasteiger partial charge in [-0.25, -0.2) is 4.79 Å². The van der Waals surface area contributed by atoms with Crippen LogP contribution >= 0.6 is 0 Å². The Labute approximate surface area is 140 Å². The predicted octanol–water partition coefficient (Wildman–Crippen LogP) is 1.58. The first-order valence-corrected chi connectivity index (χ1v) is 8.78. The number of fused-ring (bicyclic) bond motifs is 1. The molecule has 0 radical (unpaired) electrons. The molecule has 0 aliphatic carbocycles. The SMILES string of the molecule is O=C1c2cc(C3CCCNC3)ccc2CN1C1CCC[N+](=O)C1=O. The minimum absolute atomic E-state index is 0.107. The first-order chi connectivity index (χ1) is 11.6. The first-order valence-electron chi connectivity index (χ1n) is 8.78. The number of benzene rings is 1. The highest BCUT2D eigenvalue weighted by atomic mass is 16.3. The molecule has 0 bridgehead atoms. The zero-order valence-electron chi connectivity index (χ0n) is 13.7. The van der Waals surface area contributed by atoms with E-state index in [4.69, 9.17) is 0 Å². The van der Waals surface area contributed by atoms with Gasteiger partial charge in [0.05, 0.1) is 4.76 Å². The Morgan fingerprint density at radius 3 is 2.83 bits per heavy atom. The smallest absolute Gasteiger partial charge is 0.317 e. The zero-order chi connectivity index (χ0) is 16.7. The molecule has 6 nitrogen and oxygen atoms in total. The van der Waals surface area contributed by atoms with Crippen LogP contribution in [0, 0.1) is 4.91 Å². The van der Waals surface area contributed by atoms with Gasteiger partial charge in [-0.3, -0.25) is 4.79 Å².